The first-order chi connectivity index (χ1) is 13.3. The summed E-state index contributed by atoms with van der Waals surface area (Å²) >= 11 is 1.54. The standard InChI is InChI=1S/C19H23N3O5S/c1-11(2)15(16(24)21-18(20)26)27-17(25)13-10-28-19(9-8-14(23)22(13)19)12-6-4-3-5-7-12/h3-7,11,13,15H,8-10H2,1-2H3,(H3,20,21,24,26)/t13-,15-,19-/m1/s1. The molecule has 150 valence electrons. The summed E-state index contributed by atoms with van der Waals surface area (Å²) in [5.41, 5.74) is 5.95. The molecular weight excluding hydrogens is 382 g/mol. The second-order valence-corrected chi connectivity index (χ2v) is 8.49. The van der Waals surface area contributed by atoms with Gasteiger partial charge >= 0.3 is 12.0 Å². The van der Waals surface area contributed by atoms with Gasteiger partial charge in [-0.05, 0) is 17.9 Å². The quantitative estimate of drug-likeness (QED) is 0.714. The number of imide groups is 1. The van der Waals surface area contributed by atoms with Gasteiger partial charge in [0.2, 0.25) is 5.91 Å². The minimum absolute atomic E-state index is 0.113. The van der Waals surface area contributed by atoms with E-state index in [1.54, 1.807) is 18.7 Å². The largest absolute Gasteiger partial charge is 0.450 e. The number of thioether (sulfide) groups is 1. The summed E-state index contributed by atoms with van der Waals surface area (Å²) < 4.78 is 5.43. The molecule has 3 N–H and O–H groups in total. The molecule has 2 saturated heterocycles. The molecule has 2 aliphatic rings. The maximum atomic E-state index is 12.9. The summed E-state index contributed by atoms with van der Waals surface area (Å²) in [6.45, 7) is 3.38. The van der Waals surface area contributed by atoms with Gasteiger partial charge in [0, 0.05) is 12.2 Å². The van der Waals surface area contributed by atoms with Crippen molar-refractivity contribution in [3.63, 3.8) is 0 Å². The number of nitrogens with two attached hydrogens (primary N) is 1. The van der Waals surface area contributed by atoms with Crippen molar-refractivity contribution in [2.45, 2.75) is 43.7 Å². The number of carbonyl (C=O) groups excluding carboxylic acids is 4. The highest BCUT2D eigenvalue weighted by Gasteiger charge is 2.57. The molecule has 0 aliphatic carbocycles. The first-order valence-electron chi connectivity index (χ1n) is 9.08. The average molecular weight is 405 g/mol. The third-order valence-electron chi connectivity index (χ3n) is 4.98. The molecule has 8 nitrogen and oxygen atoms in total. The molecule has 0 unspecified atom stereocenters. The summed E-state index contributed by atoms with van der Waals surface area (Å²) in [7, 11) is 0. The SMILES string of the molecule is CC(C)[C@@H](OC(=O)[C@H]1CS[C@@]2(c3ccccc3)CCC(=O)N12)C(=O)NC(N)=O. The Morgan fingerprint density at radius 3 is 2.57 bits per heavy atom. The van der Waals surface area contributed by atoms with Crippen LogP contribution in [0.15, 0.2) is 30.3 Å². The van der Waals surface area contributed by atoms with Crippen molar-refractivity contribution < 1.29 is 23.9 Å². The van der Waals surface area contributed by atoms with Crippen LogP contribution in [0.3, 0.4) is 0 Å². The van der Waals surface area contributed by atoms with E-state index in [0.717, 1.165) is 5.56 Å². The Labute approximate surface area is 167 Å². The van der Waals surface area contributed by atoms with E-state index in [2.05, 4.69) is 0 Å². The van der Waals surface area contributed by atoms with E-state index in [-0.39, 0.29) is 11.8 Å². The predicted octanol–water partition coefficient (Wildman–Crippen LogP) is 1.34. The molecular formula is C19H23N3O5S. The van der Waals surface area contributed by atoms with E-state index >= 15 is 0 Å². The smallest absolute Gasteiger partial charge is 0.330 e. The molecule has 0 bridgehead atoms. The number of carbonyl (C=O) groups is 4. The molecule has 2 heterocycles. The summed E-state index contributed by atoms with van der Waals surface area (Å²) in [6.07, 6.45) is -0.212. The number of nitrogens with one attached hydrogen (secondary N) is 1. The van der Waals surface area contributed by atoms with Gasteiger partial charge in [0.25, 0.3) is 5.91 Å². The molecule has 2 aliphatic heterocycles. The summed E-state index contributed by atoms with van der Waals surface area (Å²) in [5.74, 6) is -1.53. The van der Waals surface area contributed by atoms with Crippen molar-refractivity contribution in [1.29, 1.82) is 0 Å². The van der Waals surface area contributed by atoms with Crippen molar-refractivity contribution in [1.82, 2.24) is 10.2 Å². The molecule has 0 saturated carbocycles. The van der Waals surface area contributed by atoms with E-state index in [1.807, 2.05) is 35.6 Å². The lowest BCUT2D eigenvalue weighted by atomic mass is 10.0. The van der Waals surface area contributed by atoms with Gasteiger partial charge in [-0.1, -0.05) is 44.2 Å². The van der Waals surface area contributed by atoms with Crippen LogP contribution in [0.5, 0.6) is 0 Å². The first kappa shape index (κ1) is 20.2. The number of urea groups is 1. The zero-order valence-electron chi connectivity index (χ0n) is 15.7. The van der Waals surface area contributed by atoms with Crippen LogP contribution in [0.2, 0.25) is 0 Å². The third-order valence-corrected chi connectivity index (χ3v) is 6.57. The van der Waals surface area contributed by atoms with E-state index in [0.29, 0.717) is 18.6 Å². The number of rotatable bonds is 5. The number of ether oxygens (including phenoxy) is 1. The van der Waals surface area contributed by atoms with Gasteiger partial charge < -0.3 is 15.4 Å². The molecule has 3 rings (SSSR count). The van der Waals surface area contributed by atoms with Crippen molar-refractivity contribution in [2.24, 2.45) is 11.7 Å². The van der Waals surface area contributed by atoms with E-state index in [1.165, 1.54) is 11.8 Å². The Morgan fingerprint density at radius 1 is 1.29 bits per heavy atom. The van der Waals surface area contributed by atoms with Gasteiger partial charge in [-0.3, -0.25) is 14.9 Å². The van der Waals surface area contributed by atoms with Crippen LogP contribution in [0.4, 0.5) is 4.79 Å². The average Bonchev–Trinajstić information content (AvgIpc) is 3.19. The van der Waals surface area contributed by atoms with Crippen LogP contribution in [0, 0.1) is 5.92 Å². The number of benzene rings is 1. The van der Waals surface area contributed by atoms with Crippen LogP contribution in [0.1, 0.15) is 32.3 Å². The molecule has 0 spiro atoms. The highest BCUT2D eigenvalue weighted by Crippen LogP contribution is 2.54. The Kier molecular flexibility index (Phi) is 5.64. The monoisotopic (exact) mass is 405 g/mol. The van der Waals surface area contributed by atoms with Crippen LogP contribution in [-0.4, -0.2) is 46.6 Å². The Morgan fingerprint density at radius 2 is 1.96 bits per heavy atom. The van der Waals surface area contributed by atoms with Crippen molar-refractivity contribution in [3.8, 4) is 0 Å². The lowest BCUT2D eigenvalue weighted by Crippen LogP contribution is -2.50. The molecule has 1 aromatic rings. The number of esters is 1. The molecule has 3 atom stereocenters. The second kappa shape index (κ2) is 7.83. The van der Waals surface area contributed by atoms with Gasteiger partial charge in [0.1, 0.15) is 10.9 Å². The molecule has 28 heavy (non-hydrogen) atoms. The first-order valence-corrected chi connectivity index (χ1v) is 10.1. The van der Waals surface area contributed by atoms with Crippen LogP contribution in [0.25, 0.3) is 0 Å². The maximum Gasteiger partial charge on any atom is 0.330 e. The van der Waals surface area contributed by atoms with Crippen LogP contribution < -0.4 is 11.1 Å². The van der Waals surface area contributed by atoms with Gasteiger partial charge in [0.05, 0.1) is 0 Å². The Bertz CT molecular complexity index is 800. The lowest BCUT2D eigenvalue weighted by Gasteiger charge is -2.34. The molecule has 0 aromatic heterocycles. The second-order valence-electron chi connectivity index (χ2n) is 7.20. The topological polar surface area (TPSA) is 119 Å². The van der Waals surface area contributed by atoms with E-state index in [9.17, 15) is 19.2 Å². The van der Waals surface area contributed by atoms with Gasteiger partial charge in [-0.15, -0.1) is 11.8 Å². The molecule has 4 amide bonds. The zero-order chi connectivity index (χ0) is 20.5. The van der Waals surface area contributed by atoms with Crippen molar-refractivity contribution in [2.75, 3.05) is 5.75 Å². The number of hydrogen-bond acceptors (Lipinski definition) is 6. The minimum atomic E-state index is -1.17. The fourth-order valence-electron chi connectivity index (χ4n) is 3.70. The number of amides is 4. The van der Waals surface area contributed by atoms with Gasteiger partial charge in [-0.2, -0.15) is 0 Å². The third kappa shape index (κ3) is 3.58. The lowest BCUT2D eigenvalue weighted by molar-refractivity contribution is -0.164. The molecule has 0 radical (unpaired) electrons. The number of nitrogens with zero attached hydrogens (tertiary/aromatic N) is 1. The van der Waals surface area contributed by atoms with E-state index in [4.69, 9.17) is 10.5 Å². The number of hydrogen-bond donors (Lipinski definition) is 2. The Balaban J connectivity index is 1.82. The van der Waals surface area contributed by atoms with Crippen LogP contribution >= 0.6 is 11.8 Å². The fourth-order valence-corrected chi connectivity index (χ4v) is 5.34. The highest BCUT2D eigenvalue weighted by molar-refractivity contribution is 8.00. The molecule has 1 aromatic carbocycles. The normalized spacial score (nSPS) is 24.8. The minimum Gasteiger partial charge on any atom is -0.450 e. The number of fused-ring (bicyclic) bond motifs is 1. The fraction of sp³-hybridized carbons (Fsp3) is 0.474. The Hall–Kier alpha value is -2.55. The zero-order valence-corrected chi connectivity index (χ0v) is 16.5. The molecule has 9 heteroatoms. The summed E-state index contributed by atoms with van der Waals surface area (Å²) in [5, 5.41) is 1.95. The van der Waals surface area contributed by atoms with E-state index < -0.39 is 34.9 Å². The predicted molar refractivity (Wildman–Crippen MR) is 103 cm³/mol. The van der Waals surface area contributed by atoms with Crippen molar-refractivity contribution in [3.05, 3.63) is 35.9 Å². The number of primary amides is 1. The summed E-state index contributed by atoms with van der Waals surface area (Å²) in [4.78, 5) is 49.6. The summed E-state index contributed by atoms with van der Waals surface area (Å²) in [6, 6.07) is 7.80. The maximum absolute atomic E-state index is 12.9. The highest BCUT2D eigenvalue weighted by atomic mass is 32.2. The molecule has 2 fully saturated rings. The van der Waals surface area contributed by atoms with Gasteiger partial charge in [0.15, 0.2) is 6.10 Å². The van der Waals surface area contributed by atoms with Gasteiger partial charge in [-0.25, -0.2) is 9.59 Å². The van der Waals surface area contributed by atoms with Crippen LogP contribution in [-0.2, 0) is 24.0 Å². The van der Waals surface area contributed by atoms with Crippen molar-refractivity contribution >= 4 is 35.6 Å².